The zero-order valence-electron chi connectivity index (χ0n) is 16.5. The Morgan fingerprint density at radius 2 is 2.03 bits per heavy atom. The number of halogens is 2. The monoisotopic (exact) mass is 410 g/mol. The first-order chi connectivity index (χ1) is 13.7. The van der Waals surface area contributed by atoms with Crippen molar-refractivity contribution in [2.45, 2.75) is 32.4 Å². The van der Waals surface area contributed by atoms with E-state index < -0.39 is 35.5 Å². The van der Waals surface area contributed by atoms with E-state index in [1.54, 1.807) is 11.8 Å². The first kappa shape index (κ1) is 20.8. The summed E-state index contributed by atoms with van der Waals surface area (Å²) < 4.78 is 32.5. The number of imide groups is 1. The van der Waals surface area contributed by atoms with Crippen LogP contribution in [0.3, 0.4) is 0 Å². The first-order valence-corrected chi connectivity index (χ1v) is 9.41. The highest BCUT2D eigenvalue weighted by Crippen LogP contribution is 2.30. The number of hydrogen-bond acceptors (Lipinski definition) is 5. The van der Waals surface area contributed by atoms with E-state index in [4.69, 9.17) is 4.74 Å². The SMILES string of the molecule is COc1cc(N2CCN(C(=O)C(C)CC3NC(=O)NC3=O)C[C@@H]2C)cc(F)c1F. The van der Waals surface area contributed by atoms with E-state index in [0.29, 0.717) is 25.3 Å². The van der Waals surface area contributed by atoms with Crippen molar-refractivity contribution in [1.82, 2.24) is 15.5 Å². The number of urea groups is 1. The van der Waals surface area contributed by atoms with Crippen molar-refractivity contribution < 1.29 is 27.9 Å². The van der Waals surface area contributed by atoms with Crippen LogP contribution >= 0.6 is 0 Å². The minimum atomic E-state index is -1.03. The van der Waals surface area contributed by atoms with Crippen LogP contribution in [-0.2, 0) is 9.59 Å². The molecule has 3 atom stereocenters. The summed E-state index contributed by atoms with van der Waals surface area (Å²) in [6.45, 7) is 4.85. The number of hydrogen-bond donors (Lipinski definition) is 2. The van der Waals surface area contributed by atoms with Crippen LogP contribution in [0.15, 0.2) is 12.1 Å². The van der Waals surface area contributed by atoms with Crippen LogP contribution in [0.5, 0.6) is 5.75 Å². The lowest BCUT2D eigenvalue weighted by molar-refractivity contribution is -0.136. The molecule has 0 aliphatic carbocycles. The van der Waals surface area contributed by atoms with Crippen LogP contribution in [0, 0.1) is 17.6 Å². The summed E-state index contributed by atoms with van der Waals surface area (Å²) in [5.74, 6) is -3.19. The van der Waals surface area contributed by atoms with Gasteiger partial charge in [-0.05, 0) is 13.3 Å². The number of piperazine rings is 1. The Morgan fingerprint density at radius 3 is 2.62 bits per heavy atom. The second-order valence-electron chi connectivity index (χ2n) is 7.42. The molecule has 158 valence electrons. The average Bonchev–Trinajstić information content (AvgIpc) is 2.99. The van der Waals surface area contributed by atoms with Crippen molar-refractivity contribution in [3.8, 4) is 5.75 Å². The molecule has 2 fully saturated rings. The molecule has 1 aromatic rings. The number of rotatable bonds is 5. The van der Waals surface area contributed by atoms with Gasteiger partial charge in [-0.15, -0.1) is 0 Å². The molecule has 10 heteroatoms. The van der Waals surface area contributed by atoms with E-state index in [9.17, 15) is 23.2 Å². The van der Waals surface area contributed by atoms with Crippen LogP contribution in [-0.4, -0.2) is 61.6 Å². The van der Waals surface area contributed by atoms with E-state index >= 15 is 0 Å². The largest absolute Gasteiger partial charge is 0.493 e. The number of amides is 4. The number of anilines is 1. The fourth-order valence-electron chi connectivity index (χ4n) is 3.80. The summed E-state index contributed by atoms with van der Waals surface area (Å²) in [5.41, 5.74) is 0.485. The number of carbonyl (C=O) groups excluding carboxylic acids is 3. The Balaban J connectivity index is 1.63. The van der Waals surface area contributed by atoms with Crippen LogP contribution in [0.1, 0.15) is 20.3 Å². The maximum absolute atomic E-state index is 13.9. The molecule has 0 aromatic heterocycles. The first-order valence-electron chi connectivity index (χ1n) is 9.41. The maximum Gasteiger partial charge on any atom is 0.322 e. The molecule has 2 unspecified atom stereocenters. The molecule has 2 heterocycles. The fraction of sp³-hybridized carbons (Fsp3) is 0.526. The molecule has 2 saturated heterocycles. The molecule has 2 aliphatic rings. The third-order valence-electron chi connectivity index (χ3n) is 5.34. The zero-order valence-corrected chi connectivity index (χ0v) is 16.5. The van der Waals surface area contributed by atoms with Gasteiger partial charge in [-0.25, -0.2) is 9.18 Å². The molecule has 0 spiro atoms. The third kappa shape index (κ3) is 4.25. The highest BCUT2D eigenvalue weighted by molar-refractivity contribution is 6.04. The van der Waals surface area contributed by atoms with Gasteiger partial charge < -0.3 is 19.9 Å². The van der Waals surface area contributed by atoms with Crippen LogP contribution < -0.4 is 20.3 Å². The van der Waals surface area contributed by atoms with Crippen LogP contribution in [0.2, 0.25) is 0 Å². The lowest BCUT2D eigenvalue weighted by atomic mass is 9.99. The van der Waals surface area contributed by atoms with E-state index in [1.807, 2.05) is 11.8 Å². The topological polar surface area (TPSA) is 91.0 Å². The van der Waals surface area contributed by atoms with Crippen molar-refractivity contribution in [1.29, 1.82) is 0 Å². The van der Waals surface area contributed by atoms with Gasteiger partial charge in [0, 0.05) is 49.4 Å². The van der Waals surface area contributed by atoms with Crippen LogP contribution in [0.25, 0.3) is 0 Å². The second-order valence-corrected chi connectivity index (χ2v) is 7.42. The van der Waals surface area contributed by atoms with Gasteiger partial charge in [-0.1, -0.05) is 6.92 Å². The third-order valence-corrected chi connectivity index (χ3v) is 5.34. The second kappa shape index (κ2) is 8.22. The smallest absolute Gasteiger partial charge is 0.322 e. The van der Waals surface area contributed by atoms with Gasteiger partial charge in [0.2, 0.25) is 11.7 Å². The molecular formula is C19H24F2N4O4. The molecule has 2 aliphatic heterocycles. The van der Waals surface area contributed by atoms with E-state index in [-0.39, 0.29) is 24.1 Å². The Labute approximate surface area is 167 Å². The lowest BCUT2D eigenvalue weighted by Gasteiger charge is -2.42. The minimum absolute atomic E-state index is 0.117. The summed E-state index contributed by atoms with van der Waals surface area (Å²) in [7, 11) is 1.27. The van der Waals surface area contributed by atoms with Gasteiger partial charge in [0.15, 0.2) is 11.6 Å². The summed E-state index contributed by atoms with van der Waals surface area (Å²) in [4.78, 5) is 39.3. The van der Waals surface area contributed by atoms with Crippen molar-refractivity contribution >= 4 is 23.5 Å². The fourth-order valence-corrected chi connectivity index (χ4v) is 3.80. The molecule has 3 rings (SSSR count). The Hall–Kier alpha value is -2.91. The molecule has 29 heavy (non-hydrogen) atoms. The molecule has 0 radical (unpaired) electrons. The van der Waals surface area contributed by atoms with Crippen LogP contribution in [0.4, 0.5) is 19.3 Å². The number of benzene rings is 1. The quantitative estimate of drug-likeness (QED) is 0.713. The van der Waals surface area contributed by atoms with E-state index in [2.05, 4.69) is 10.6 Å². The van der Waals surface area contributed by atoms with Gasteiger partial charge in [0.1, 0.15) is 6.04 Å². The molecule has 2 N–H and O–H groups in total. The molecule has 0 saturated carbocycles. The molecule has 0 bridgehead atoms. The highest BCUT2D eigenvalue weighted by atomic mass is 19.2. The molecule has 1 aromatic carbocycles. The van der Waals surface area contributed by atoms with Gasteiger partial charge in [-0.3, -0.25) is 14.9 Å². The van der Waals surface area contributed by atoms with Crippen molar-refractivity contribution in [3.63, 3.8) is 0 Å². The number of nitrogens with one attached hydrogen (secondary N) is 2. The normalized spacial score (nSPS) is 22.9. The zero-order chi connectivity index (χ0) is 21.3. The molecular weight excluding hydrogens is 386 g/mol. The standard InChI is InChI=1S/C19H24F2N4O4/c1-10(6-14-17(26)23-19(28)22-14)18(27)24-4-5-25(11(2)9-24)12-7-13(20)16(21)15(8-12)29-3/h7-8,10-11,14H,4-6,9H2,1-3H3,(H2,22,23,26,28)/t10?,11-,14?/m0/s1. The molecule has 4 amide bonds. The number of carbonyl (C=O) groups is 3. The summed E-state index contributed by atoms with van der Waals surface area (Å²) in [6, 6.07) is 1.16. The Morgan fingerprint density at radius 1 is 1.31 bits per heavy atom. The Kier molecular flexibility index (Phi) is 5.90. The summed E-state index contributed by atoms with van der Waals surface area (Å²) in [5, 5.41) is 4.65. The minimum Gasteiger partial charge on any atom is -0.493 e. The highest BCUT2D eigenvalue weighted by Gasteiger charge is 2.35. The summed E-state index contributed by atoms with van der Waals surface area (Å²) in [6.07, 6.45) is 0.214. The van der Waals surface area contributed by atoms with E-state index in [0.717, 1.165) is 6.07 Å². The summed E-state index contributed by atoms with van der Waals surface area (Å²) >= 11 is 0. The maximum atomic E-state index is 13.9. The number of methoxy groups -OCH3 is 1. The van der Waals surface area contributed by atoms with Gasteiger partial charge in [0.25, 0.3) is 5.91 Å². The predicted molar refractivity (Wildman–Crippen MR) is 101 cm³/mol. The number of ether oxygens (including phenoxy) is 1. The van der Waals surface area contributed by atoms with Gasteiger partial charge in [-0.2, -0.15) is 4.39 Å². The van der Waals surface area contributed by atoms with Gasteiger partial charge >= 0.3 is 6.03 Å². The van der Waals surface area contributed by atoms with E-state index in [1.165, 1.54) is 13.2 Å². The average molecular weight is 410 g/mol. The molecule has 8 nitrogen and oxygen atoms in total. The van der Waals surface area contributed by atoms with Crippen molar-refractivity contribution in [2.24, 2.45) is 5.92 Å². The number of nitrogens with zero attached hydrogens (tertiary/aromatic N) is 2. The predicted octanol–water partition coefficient (Wildman–Crippen LogP) is 1.24. The van der Waals surface area contributed by atoms with Crippen molar-refractivity contribution in [3.05, 3.63) is 23.8 Å². The van der Waals surface area contributed by atoms with Gasteiger partial charge in [0.05, 0.1) is 7.11 Å². The lowest BCUT2D eigenvalue weighted by Crippen LogP contribution is -2.55. The van der Waals surface area contributed by atoms with Crippen molar-refractivity contribution in [2.75, 3.05) is 31.6 Å². The Bertz CT molecular complexity index is 835.